The molecular formula is C66H44N2. The standard InChI is InChI=1S/C66H44N2/c1-2-19-55(20-3-1)68-64-26-11-9-23-62(64)66-61(24-13-27-65(66)68)53-18-12-17-52(44-53)60-22-8-10-25-63(60)67(56-37-32-46(33-38-56)50-30-28-45-14-4-5-16-49(45)42-50)57-39-34-47(35-40-57)51-36-41-59-54(43-51)31-29-48-15-6-7-21-58(48)59/h1-44H. The van der Waals surface area contributed by atoms with E-state index < -0.39 is 0 Å². The number of hydrogen-bond donors (Lipinski definition) is 0. The number of benzene rings is 12. The third-order valence-electron chi connectivity index (χ3n) is 13.8. The van der Waals surface area contributed by atoms with Crippen LogP contribution in [0.1, 0.15) is 0 Å². The minimum Gasteiger partial charge on any atom is -0.310 e. The Morgan fingerprint density at radius 3 is 1.56 bits per heavy atom. The number of hydrogen-bond acceptors (Lipinski definition) is 1. The van der Waals surface area contributed by atoms with Crippen molar-refractivity contribution < 1.29 is 0 Å². The van der Waals surface area contributed by atoms with Gasteiger partial charge < -0.3 is 9.47 Å². The van der Waals surface area contributed by atoms with E-state index >= 15 is 0 Å². The van der Waals surface area contributed by atoms with Gasteiger partial charge in [0.2, 0.25) is 0 Å². The predicted octanol–water partition coefficient (Wildman–Crippen LogP) is 18.4. The van der Waals surface area contributed by atoms with Gasteiger partial charge in [-0.1, -0.05) is 194 Å². The zero-order chi connectivity index (χ0) is 45.0. The van der Waals surface area contributed by atoms with Crippen molar-refractivity contribution in [3.63, 3.8) is 0 Å². The van der Waals surface area contributed by atoms with Crippen LogP contribution < -0.4 is 4.90 Å². The molecule has 0 spiro atoms. The first-order valence-corrected chi connectivity index (χ1v) is 23.4. The number of aromatic nitrogens is 1. The van der Waals surface area contributed by atoms with Crippen LogP contribution in [0.4, 0.5) is 17.1 Å². The van der Waals surface area contributed by atoms with Gasteiger partial charge in [-0.3, -0.25) is 0 Å². The highest BCUT2D eigenvalue weighted by atomic mass is 15.1. The van der Waals surface area contributed by atoms with Gasteiger partial charge in [0.1, 0.15) is 0 Å². The topological polar surface area (TPSA) is 8.17 Å². The summed E-state index contributed by atoms with van der Waals surface area (Å²) in [5.74, 6) is 0. The lowest BCUT2D eigenvalue weighted by molar-refractivity contribution is 1.18. The summed E-state index contributed by atoms with van der Waals surface area (Å²) >= 11 is 0. The number of nitrogens with zero attached hydrogens (tertiary/aromatic N) is 2. The minimum absolute atomic E-state index is 1.08. The van der Waals surface area contributed by atoms with Gasteiger partial charge in [0.15, 0.2) is 0 Å². The summed E-state index contributed by atoms with van der Waals surface area (Å²) in [5.41, 5.74) is 16.3. The van der Waals surface area contributed by atoms with Crippen LogP contribution in [0, 0.1) is 0 Å². The molecule has 0 saturated heterocycles. The highest BCUT2D eigenvalue weighted by Crippen LogP contribution is 2.44. The minimum atomic E-state index is 1.08. The molecule has 2 nitrogen and oxygen atoms in total. The van der Waals surface area contributed by atoms with Crippen molar-refractivity contribution in [2.45, 2.75) is 0 Å². The molecule has 1 heterocycles. The summed E-state index contributed by atoms with van der Waals surface area (Å²) in [7, 11) is 0. The van der Waals surface area contributed by atoms with Crippen LogP contribution in [0.2, 0.25) is 0 Å². The highest BCUT2D eigenvalue weighted by molar-refractivity contribution is 6.16. The molecule has 0 aliphatic carbocycles. The first-order chi connectivity index (χ1) is 33.7. The molecule has 0 saturated carbocycles. The van der Waals surface area contributed by atoms with E-state index in [1.807, 2.05) is 0 Å². The van der Waals surface area contributed by atoms with Gasteiger partial charge >= 0.3 is 0 Å². The van der Waals surface area contributed by atoms with E-state index in [9.17, 15) is 0 Å². The van der Waals surface area contributed by atoms with E-state index in [2.05, 4.69) is 276 Å². The summed E-state index contributed by atoms with van der Waals surface area (Å²) in [6.07, 6.45) is 0. The highest BCUT2D eigenvalue weighted by Gasteiger charge is 2.20. The zero-order valence-electron chi connectivity index (χ0n) is 37.3. The maximum absolute atomic E-state index is 2.41. The third-order valence-corrected chi connectivity index (χ3v) is 13.8. The Balaban J connectivity index is 0.929. The Kier molecular flexibility index (Phi) is 9.54. The number of rotatable bonds is 8. The molecule has 13 rings (SSSR count). The molecule has 0 unspecified atom stereocenters. The van der Waals surface area contributed by atoms with E-state index in [1.165, 1.54) is 87.5 Å². The summed E-state index contributed by atoms with van der Waals surface area (Å²) < 4.78 is 2.39. The quantitative estimate of drug-likeness (QED) is 0.138. The van der Waals surface area contributed by atoms with Gasteiger partial charge in [-0.05, 0) is 144 Å². The molecular weight excluding hydrogens is 821 g/mol. The Bertz CT molecular complexity index is 4010. The second-order valence-electron chi connectivity index (χ2n) is 17.7. The molecule has 1 aromatic heterocycles. The molecule has 318 valence electrons. The molecule has 0 aliphatic heterocycles. The Morgan fingerprint density at radius 1 is 0.265 bits per heavy atom. The number of fused-ring (bicyclic) bond motifs is 7. The molecule has 2 heteroatoms. The maximum atomic E-state index is 2.41. The van der Waals surface area contributed by atoms with Crippen molar-refractivity contribution in [1.82, 2.24) is 4.57 Å². The molecule has 68 heavy (non-hydrogen) atoms. The number of para-hydroxylation sites is 3. The zero-order valence-corrected chi connectivity index (χ0v) is 37.3. The summed E-state index contributed by atoms with van der Waals surface area (Å²) in [6.45, 7) is 0. The van der Waals surface area contributed by atoms with Gasteiger partial charge in [-0.15, -0.1) is 0 Å². The van der Waals surface area contributed by atoms with E-state index in [4.69, 9.17) is 0 Å². The first-order valence-electron chi connectivity index (χ1n) is 23.4. The average molecular weight is 865 g/mol. The van der Waals surface area contributed by atoms with E-state index in [0.29, 0.717) is 0 Å². The van der Waals surface area contributed by atoms with Gasteiger partial charge in [0.05, 0.1) is 16.7 Å². The van der Waals surface area contributed by atoms with Crippen LogP contribution in [-0.4, -0.2) is 4.57 Å². The van der Waals surface area contributed by atoms with Crippen LogP contribution in [0.25, 0.3) is 104 Å². The van der Waals surface area contributed by atoms with Crippen LogP contribution in [0.15, 0.2) is 267 Å². The molecule has 12 aromatic carbocycles. The lowest BCUT2D eigenvalue weighted by Gasteiger charge is -2.28. The fourth-order valence-electron chi connectivity index (χ4n) is 10.5. The average Bonchev–Trinajstić information content (AvgIpc) is 3.76. The fourth-order valence-corrected chi connectivity index (χ4v) is 10.5. The van der Waals surface area contributed by atoms with Gasteiger partial charge in [0, 0.05) is 33.4 Å². The van der Waals surface area contributed by atoms with E-state index in [0.717, 1.165) is 33.9 Å². The Hall–Kier alpha value is -8.98. The molecule has 0 radical (unpaired) electrons. The Morgan fingerprint density at radius 2 is 0.779 bits per heavy atom. The van der Waals surface area contributed by atoms with Gasteiger partial charge in [-0.2, -0.15) is 0 Å². The summed E-state index contributed by atoms with van der Waals surface area (Å²) in [4.78, 5) is 2.41. The van der Waals surface area contributed by atoms with E-state index in [-0.39, 0.29) is 0 Å². The second-order valence-corrected chi connectivity index (χ2v) is 17.7. The van der Waals surface area contributed by atoms with Crippen molar-refractivity contribution in [3.8, 4) is 50.2 Å². The predicted molar refractivity (Wildman–Crippen MR) is 290 cm³/mol. The molecule has 0 fully saturated rings. The lowest BCUT2D eigenvalue weighted by Crippen LogP contribution is -2.11. The SMILES string of the molecule is c1ccc(-n2c3ccccc3c3c(-c4cccc(-c5ccccc5N(c5ccc(-c6ccc7ccccc7c6)cc5)c5ccc(-c6ccc7c(ccc8ccccc87)c6)cc5)c4)cccc32)cc1. The van der Waals surface area contributed by atoms with Crippen molar-refractivity contribution in [3.05, 3.63) is 267 Å². The fraction of sp³-hybridized carbons (Fsp3) is 0. The van der Waals surface area contributed by atoms with Crippen LogP contribution in [0.3, 0.4) is 0 Å². The number of anilines is 3. The molecule has 0 bridgehead atoms. The summed E-state index contributed by atoms with van der Waals surface area (Å²) in [5, 5.41) is 10.0. The molecule has 0 aliphatic rings. The molecule has 0 N–H and O–H groups in total. The lowest BCUT2D eigenvalue weighted by atomic mass is 9.94. The monoisotopic (exact) mass is 864 g/mol. The smallest absolute Gasteiger partial charge is 0.0547 e. The van der Waals surface area contributed by atoms with Crippen molar-refractivity contribution in [2.75, 3.05) is 4.90 Å². The van der Waals surface area contributed by atoms with Gasteiger partial charge in [-0.25, -0.2) is 0 Å². The third kappa shape index (κ3) is 6.82. The molecule has 0 amide bonds. The molecule has 0 atom stereocenters. The van der Waals surface area contributed by atoms with Crippen LogP contribution >= 0.6 is 0 Å². The van der Waals surface area contributed by atoms with E-state index in [1.54, 1.807) is 0 Å². The van der Waals surface area contributed by atoms with Crippen molar-refractivity contribution in [2.24, 2.45) is 0 Å². The maximum Gasteiger partial charge on any atom is 0.0547 e. The first kappa shape index (κ1) is 39.4. The van der Waals surface area contributed by atoms with Gasteiger partial charge in [0.25, 0.3) is 0 Å². The second kappa shape index (κ2) is 16.5. The Labute approximate surface area is 395 Å². The van der Waals surface area contributed by atoms with Crippen LogP contribution in [-0.2, 0) is 0 Å². The van der Waals surface area contributed by atoms with Crippen molar-refractivity contribution in [1.29, 1.82) is 0 Å². The summed E-state index contributed by atoms with van der Waals surface area (Å²) in [6, 6.07) is 97.5. The van der Waals surface area contributed by atoms with Crippen molar-refractivity contribution >= 4 is 71.2 Å². The normalized spacial score (nSPS) is 11.5. The van der Waals surface area contributed by atoms with Crippen LogP contribution in [0.5, 0.6) is 0 Å². The largest absolute Gasteiger partial charge is 0.310 e. The molecule has 13 aromatic rings.